The van der Waals surface area contributed by atoms with E-state index in [1.54, 1.807) is 12.4 Å². The second-order valence-electron chi connectivity index (χ2n) is 4.16. The quantitative estimate of drug-likeness (QED) is 0.940. The van der Waals surface area contributed by atoms with Gasteiger partial charge in [-0.05, 0) is 43.2 Å². The van der Waals surface area contributed by atoms with Gasteiger partial charge in [0.2, 0.25) is 0 Å². The first-order chi connectivity index (χ1) is 8.61. The lowest BCUT2D eigenvalue weighted by Crippen LogP contribution is -2.00. The maximum Gasteiger partial charge on any atom is 0.150 e. The van der Waals surface area contributed by atoms with E-state index in [1.807, 2.05) is 32.0 Å². The standard InChI is InChI=1S/C14H15BrN2O/c1-9-5-12(6-10(2)14(9)15)18-13-8-17-4-3-11(13)7-16/h3-6,8H,7,16H2,1-2H3. The van der Waals surface area contributed by atoms with Crippen molar-refractivity contribution in [1.82, 2.24) is 4.98 Å². The van der Waals surface area contributed by atoms with E-state index in [9.17, 15) is 0 Å². The molecule has 0 saturated carbocycles. The first-order valence-electron chi connectivity index (χ1n) is 5.69. The van der Waals surface area contributed by atoms with Gasteiger partial charge in [-0.1, -0.05) is 15.9 Å². The van der Waals surface area contributed by atoms with E-state index >= 15 is 0 Å². The number of rotatable bonds is 3. The fourth-order valence-corrected chi connectivity index (χ4v) is 1.99. The second-order valence-corrected chi connectivity index (χ2v) is 4.95. The Morgan fingerprint density at radius 3 is 2.56 bits per heavy atom. The van der Waals surface area contributed by atoms with Crippen molar-refractivity contribution in [3.8, 4) is 11.5 Å². The number of nitrogens with two attached hydrogens (primary N) is 1. The van der Waals surface area contributed by atoms with Crippen LogP contribution in [-0.4, -0.2) is 4.98 Å². The maximum absolute atomic E-state index is 5.85. The van der Waals surface area contributed by atoms with Crippen molar-refractivity contribution in [2.24, 2.45) is 5.73 Å². The zero-order valence-corrected chi connectivity index (χ0v) is 12.0. The molecule has 0 radical (unpaired) electrons. The van der Waals surface area contributed by atoms with Gasteiger partial charge in [-0.3, -0.25) is 4.98 Å². The number of aryl methyl sites for hydroxylation is 2. The number of halogens is 1. The summed E-state index contributed by atoms with van der Waals surface area (Å²) in [7, 11) is 0. The number of aromatic nitrogens is 1. The summed E-state index contributed by atoms with van der Waals surface area (Å²) < 4.78 is 6.96. The SMILES string of the molecule is Cc1cc(Oc2cnccc2CN)cc(C)c1Br. The van der Waals surface area contributed by atoms with Gasteiger partial charge in [0.1, 0.15) is 11.5 Å². The zero-order chi connectivity index (χ0) is 13.1. The van der Waals surface area contributed by atoms with Gasteiger partial charge in [0, 0.05) is 22.8 Å². The Hall–Kier alpha value is -1.39. The Labute approximate surface area is 115 Å². The Morgan fingerprint density at radius 1 is 1.28 bits per heavy atom. The van der Waals surface area contributed by atoms with E-state index in [1.165, 1.54) is 0 Å². The average molecular weight is 307 g/mol. The molecule has 0 bridgehead atoms. The smallest absolute Gasteiger partial charge is 0.150 e. The molecular formula is C14H15BrN2O. The number of hydrogen-bond acceptors (Lipinski definition) is 3. The number of hydrogen-bond donors (Lipinski definition) is 1. The topological polar surface area (TPSA) is 48.1 Å². The predicted molar refractivity (Wildman–Crippen MR) is 75.8 cm³/mol. The van der Waals surface area contributed by atoms with Crippen LogP contribution in [0.4, 0.5) is 0 Å². The molecule has 18 heavy (non-hydrogen) atoms. The van der Waals surface area contributed by atoms with Crippen LogP contribution in [0, 0.1) is 13.8 Å². The highest BCUT2D eigenvalue weighted by atomic mass is 79.9. The Bertz CT molecular complexity index is 546. The highest BCUT2D eigenvalue weighted by Gasteiger charge is 2.07. The summed E-state index contributed by atoms with van der Waals surface area (Å²) in [5, 5.41) is 0. The summed E-state index contributed by atoms with van der Waals surface area (Å²) in [5.41, 5.74) is 8.90. The van der Waals surface area contributed by atoms with Gasteiger partial charge in [-0.2, -0.15) is 0 Å². The molecule has 2 rings (SSSR count). The van der Waals surface area contributed by atoms with Crippen LogP contribution in [0.5, 0.6) is 11.5 Å². The van der Waals surface area contributed by atoms with E-state index in [0.717, 1.165) is 26.9 Å². The van der Waals surface area contributed by atoms with Crippen molar-refractivity contribution in [1.29, 1.82) is 0 Å². The normalized spacial score (nSPS) is 10.4. The van der Waals surface area contributed by atoms with E-state index < -0.39 is 0 Å². The minimum atomic E-state index is 0.437. The fourth-order valence-electron chi connectivity index (χ4n) is 1.76. The highest BCUT2D eigenvalue weighted by Crippen LogP contribution is 2.30. The molecule has 0 atom stereocenters. The highest BCUT2D eigenvalue weighted by molar-refractivity contribution is 9.10. The van der Waals surface area contributed by atoms with Crippen molar-refractivity contribution in [2.75, 3.05) is 0 Å². The molecule has 0 aliphatic heterocycles. The largest absolute Gasteiger partial charge is 0.455 e. The lowest BCUT2D eigenvalue weighted by atomic mass is 10.1. The maximum atomic E-state index is 5.85. The molecule has 0 spiro atoms. The molecule has 0 amide bonds. The molecule has 1 heterocycles. The predicted octanol–water partition coefficient (Wildman–Crippen LogP) is 3.71. The number of benzene rings is 1. The molecule has 2 aromatic rings. The summed E-state index contributed by atoms with van der Waals surface area (Å²) in [4.78, 5) is 4.06. The van der Waals surface area contributed by atoms with E-state index in [2.05, 4.69) is 20.9 Å². The molecule has 0 aliphatic rings. The van der Waals surface area contributed by atoms with Crippen LogP contribution in [0.25, 0.3) is 0 Å². The summed E-state index contributed by atoms with van der Waals surface area (Å²) in [5.74, 6) is 1.51. The van der Waals surface area contributed by atoms with E-state index in [0.29, 0.717) is 12.3 Å². The monoisotopic (exact) mass is 306 g/mol. The lowest BCUT2D eigenvalue weighted by Gasteiger charge is -2.11. The fraction of sp³-hybridized carbons (Fsp3) is 0.214. The van der Waals surface area contributed by atoms with Crippen LogP contribution in [0.3, 0.4) is 0 Å². The third-order valence-electron chi connectivity index (χ3n) is 2.73. The van der Waals surface area contributed by atoms with E-state index in [4.69, 9.17) is 10.5 Å². The van der Waals surface area contributed by atoms with Crippen molar-refractivity contribution >= 4 is 15.9 Å². The molecule has 0 unspecified atom stereocenters. The minimum absolute atomic E-state index is 0.437. The molecule has 3 nitrogen and oxygen atoms in total. The third-order valence-corrected chi connectivity index (χ3v) is 3.98. The summed E-state index contributed by atoms with van der Waals surface area (Å²) in [6.07, 6.45) is 3.40. The van der Waals surface area contributed by atoms with Gasteiger partial charge < -0.3 is 10.5 Å². The van der Waals surface area contributed by atoms with Crippen LogP contribution in [0.1, 0.15) is 16.7 Å². The summed E-state index contributed by atoms with van der Waals surface area (Å²) in [6.45, 7) is 4.51. The first-order valence-corrected chi connectivity index (χ1v) is 6.48. The Balaban J connectivity index is 2.34. The molecular weight excluding hydrogens is 292 g/mol. The van der Waals surface area contributed by atoms with Gasteiger partial charge in [0.25, 0.3) is 0 Å². The van der Waals surface area contributed by atoms with Crippen LogP contribution < -0.4 is 10.5 Å². The molecule has 0 fully saturated rings. The lowest BCUT2D eigenvalue weighted by molar-refractivity contribution is 0.473. The number of pyridine rings is 1. The molecule has 2 N–H and O–H groups in total. The van der Waals surface area contributed by atoms with Crippen LogP contribution >= 0.6 is 15.9 Å². The molecule has 4 heteroatoms. The van der Waals surface area contributed by atoms with Crippen LogP contribution in [0.15, 0.2) is 35.1 Å². The molecule has 94 valence electrons. The zero-order valence-electron chi connectivity index (χ0n) is 10.4. The van der Waals surface area contributed by atoms with Gasteiger partial charge in [0.05, 0.1) is 6.20 Å². The van der Waals surface area contributed by atoms with E-state index in [-0.39, 0.29) is 0 Å². The van der Waals surface area contributed by atoms with Gasteiger partial charge in [-0.15, -0.1) is 0 Å². The summed E-state index contributed by atoms with van der Waals surface area (Å²) in [6, 6.07) is 5.85. The molecule has 1 aromatic heterocycles. The number of nitrogens with zero attached hydrogens (tertiary/aromatic N) is 1. The van der Waals surface area contributed by atoms with Crippen molar-refractivity contribution < 1.29 is 4.74 Å². The molecule has 0 aliphatic carbocycles. The van der Waals surface area contributed by atoms with Gasteiger partial charge >= 0.3 is 0 Å². The summed E-state index contributed by atoms with van der Waals surface area (Å²) >= 11 is 3.54. The minimum Gasteiger partial charge on any atom is -0.455 e. The van der Waals surface area contributed by atoms with Crippen molar-refractivity contribution in [2.45, 2.75) is 20.4 Å². The first kappa shape index (κ1) is 13.1. The van der Waals surface area contributed by atoms with Crippen molar-refractivity contribution in [3.05, 3.63) is 51.8 Å². The van der Waals surface area contributed by atoms with Gasteiger partial charge in [-0.25, -0.2) is 0 Å². The third kappa shape index (κ3) is 2.71. The average Bonchev–Trinajstić information content (AvgIpc) is 2.36. The Kier molecular flexibility index (Phi) is 3.99. The number of ether oxygens (including phenoxy) is 1. The second kappa shape index (κ2) is 5.50. The van der Waals surface area contributed by atoms with Crippen molar-refractivity contribution in [3.63, 3.8) is 0 Å². The molecule has 0 saturated heterocycles. The van der Waals surface area contributed by atoms with Crippen LogP contribution in [0.2, 0.25) is 0 Å². The van der Waals surface area contributed by atoms with Gasteiger partial charge in [0.15, 0.2) is 0 Å². The Morgan fingerprint density at radius 2 is 1.94 bits per heavy atom. The molecule has 1 aromatic carbocycles. The van der Waals surface area contributed by atoms with Crippen LogP contribution in [-0.2, 0) is 6.54 Å².